The average molecular weight is 402 g/mol. The van der Waals surface area contributed by atoms with Crippen LogP contribution < -0.4 is 10.6 Å². The highest BCUT2D eigenvalue weighted by Gasteiger charge is 2.41. The molecule has 2 unspecified atom stereocenters. The van der Waals surface area contributed by atoms with Crippen LogP contribution in [0.15, 0.2) is 46.0 Å². The van der Waals surface area contributed by atoms with E-state index in [1.807, 2.05) is 0 Å². The fraction of sp³-hybridized carbons (Fsp3) is 0.350. The van der Waals surface area contributed by atoms with Crippen LogP contribution in [0.3, 0.4) is 0 Å². The smallest absolute Gasteiger partial charge is 0.347 e. The van der Waals surface area contributed by atoms with Crippen molar-refractivity contribution in [1.82, 2.24) is 10.2 Å². The van der Waals surface area contributed by atoms with E-state index >= 15 is 0 Å². The largest absolute Gasteiger partial charge is 0.467 e. The summed E-state index contributed by atoms with van der Waals surface area (Å²) in [5.74, 6) is -1.15. The molecule has 1 aromatic carbocycles. The van der Waals surface area contributed by atoms with Crippen LogP contribution >= 0.6 is 0 Å². The number of furan rings is 1. The molecule has 29 heavy (non-hydrogen) atoms. The van der Waals surface area contributed by atoms with Gasteiger partial charge in [0, 0.05) is 12.0 Å². The molecule has 152 valence electrons. The third-order valence-electron chi connectivity index (χ3n) is 5.23. The van der Waals surface area contributed by atoms with Crippen molar-refractivity contribution in [2.75, 3.05) is 5.32 Å². The Hall–Kier alpha value is -3.23. The summed E-state index contributed by atoms with van der Waals surface area (Å²) >= 11 is 0. The van der Waals surface area contributed by atoms with Crippen molar-refractivity contribution in [3.8, 4) is 0 Å². The number of fused-ring (bicyclic) bond motifs is 1. The molecule has 0 bridgehead atoms. The summed E-state index contributed by atoms with van der Waals surface area (Å²) < 4.78 is 33.0. The molecular formula is C20H20F2N4O3. The number of carbonyl (C=O) groups excluding carboxylic acids is 2. The molecule has 1 saturated carbocycles. The van der Waals surface area contributed by atoms with Crippen molar-refractivity contribution in [2.24, 2.45) is 10.9 Å². The number of hydrogen-bond donors (Lipinski definition) is 2. The van der Waals surface area contributed by atoms with Gasteiger partial charge >= 0.3 is 12.1 Å². The topological polar surface area (TPSA) is 86.9 Å². The van der Waals surface area contributed by atoms with Crippen molar-refractivity contribution >= 4 is 23.6 Å². The first kappa shape index (κ1) is 19.1. The maximum atomic E-state index is 13.9. The Balaban J connectivity index is 1.64. The minimum atomic E-state index is -0.938. The predicted octanol–water partition coefficient (Wildman–Crippen LogP) is 4.27. The van der Waals surface area contributed by atoms with Gasteiger partial charge in [-0.05, 0) is 37.1 Å². The maximum absolute atomic E-state index is 13.9. The second-order valence-corrected chi connectivity index (χ2v) is 7.11. The fourth-order valence-electron chi connectivity index (χ4n) is 3.86. The van der Waals surface area contributed by atoms with Gasteiger partial charge in [0.25, 0.3) is 0 Å². The summed E-state index contributed by atoms with van der Waals surface area (Å²) in [4.78, 5) is 30.6. The van der Waals surface area contributed by atoms with E-state index < -0.39 is 23.4 Å². The van der Waals surface area contributed by atoms with Crippen molar-refractivity contribution < 1.29 is 22.8 Å². The van der Waals surface area contributed by atoms with Crippen LogP contribution in [-0.4, -0.2) is 28.8 Å². The zero-order valence-electron chi connectivity index (χ0n) is 15.5. The van der Waals surface area contributed by atoms with Gasteiger partial charge in [0.1, 0.15) is 28.9 Å². The molecule has 2 N–H and O–H groups in total. The SMILES string of the molecule is O=C(/N=C1\C2CCCCC2NC(=O)N1Cc1ccco1)Nc1c(F)cccc1F. The number of para-hydroxylation sites is 1. The van der Waals surface area contributed by atoms with E-state index in [2.05, 4.69) is 15.6 Å². The summed E-state index contributed by atoms with van der Waals surface area (Å²) in [5.41, 5.74) is -0.570. The van der Waals surface area contributed by atoms with Crippen molar-refractivity contribution in [2.45, 2.75) is 38.3 Å². The highest BCUT2D eigenvalue weighted by Crippen LogP contribution is 2.31. The van der Waals surface area contributed by atoms with E-state index in [0.717, 1.165) is 37.8 Å². The first-order valence-corrected chi connectivity index (χ1v) is 9.47. The lowest BCUT2D eigenvalue weighted by Gasteiger charge is -2.42. The Kier molecular flexibility index (Phi) is 5.28. The molecule has 4 amide bonds. The normalized spacial score (nSPS) is 22.9. The van der Waals surface area contributed by atoms with E-state index in [-0.39, 0.29) is 30.4 Å². The Morgan fingerprint density at radius 1 is 1.21 bits per heavy atom. The molecule has 0 spiro atoms. The standard InChI is InChI=1S/C20H20F2N4O3/c21-14-7-3-8-15(22)17(14)24-19(27)25-18-13-6-1-2-9-16(13)23-20(28)26(18)11-12-5-4-10-29-12/h3-5,7-8,10,13,16H,1-2,6,9,11H2,(H,23,28)(H,24,27)/b25-18+. The van der Waals surface area contributed by atoms with Crippen LogP contribution in [0.25, 0.3) is 0 Å². The number of amidine groups is 1. The number of urea groups is 2. The first-order valence-electron chi connectivity index (χ1n) is 9.47. The minimum Gasteiger partial charge on any atom is -0.467 e. The molecule has 1 aliphatic heterocycles. The number of rotatable bonds is 3. The number of benzene rings is 1. The summed E-state index contributed by atoms with van der Waals surface area (Å²) in [5, 5.41) is 5.12. The van der Waals surface area contributed by atoms with Crippen LogP contribution in [0.5, 0.6) is 0 Å². The molecule has 1 saturated heterocycles. The van der Waals surface area contributed by atoms with Crippen LogP contribution in [-0.2, 0) is 6.54 Å². The Labute approximate surface area is 165 Å². The number of nitrogens with one attached hydrogen (secondary N) is 2. The molecule has 2 heterocycles. The first-order chi connectivity index (χ1) is 14.0. The second kappa shape index (κ2) is 8.02. The molecule has 4 rings (SSSR count). The van der Waals surface area contributed by atoms with Gasteiger partial charge < -0.3 is 15.1 Å². The highest BCUT2D eigenvalue weighted by atomic mass is 19.1. The number of nitrogens with zero attached hydrogens (tertiary/aromatic N) is 2. The number of hydrogen-bond acceptors (Lipinski definition) is 3. The number of amides is 4. The van der Waals surface area contributed by atoms with Crippen LogP contribution in [0.1, 0.15) is 31.4 Å². The summed E-state index contributed by atoms with van der Waals surface area (Å²) in [6.07, 6.45) is 4.94. The summed E-state index contributed by atoms with van der Waals surface area (Å²) in [6.45, 7) is 0.0994. The molecule has 2 fully saturated rings. The van der Waals surface area contributed by atoms with Crippen molar-refractivity contribution in [3.05, 3.63) is 54.0 Å². The zero-order valence-corrected chi connectivity index (χ0v) is 15.5. The van der Waals surface area contributed by atoms with Crippen LogP contribution in [0.2, 0.25) is 0 Å². The van der Waals surface area contributed by atoms with E-state index in [0.29, 0.717) is 5.76 Å². The van der Waals surface area contributed by atoms with Gasteiger partial charge in [-0.3, -0.25) is 4.90 Å². The fourth-order valence-corrected chi connectivity index (χ4v) is 3.86. The number of carbonyl (C=O) groups is 2. The number of anilines is 1. The molecule has 0 radical (unpaired) electrons. The van der Waals surface area contributed by atoms with Gasteiger partial charge in [0.15, 0.2) is 0 Å². The number of halogens is 2. The molecule has 2 aromatic rings. The Morgan fingerprint density at radius 2 is 1.97 bits per heavy atom. The molecule has 2 aliphatic rings. The lowest BCUT2D eigenvalue weighted by Crippen LogP contribution is -2.60. The monoisotopic (exact) mass is 402 g/mol. The van der Waals surface area contributed by atoms with Gasteiger partial charge in [0.2, 0.25) is 0 Å². The average Bonchev–Trinajstić information content (AvgIpc) is 3.21. The van der Waals surface area contributed by atoms with E-state index in [1.165, 1.54) is 17.2 Å². The summed E-state index contributed by atoms with van der Waals surface area (Å²) in [7, 11) is 0. The second-order valence-electron chi connectivity index (χ2n) is 7.11. The molecular weight excluding hydrogens is 382 g/mol. The zero-order chi connectivity index (χ0) is 20.4. The van der Waals surface area contributed by atoms with Gasteiger partial charge in [-0.15, -0.1) is 0 Å². The minimum absolute atomic E-state index is 0.0994. The predicted molar refractivity (Wildman–Crippen MR) is 101 cm³/mol. The van der Waals surface area contributed by atoms with Crippen molar-refractivity contribution in [1.29, 1.82) is 0 Å². The van der Waals surface area contributed by atoms with Gasteiger partial charge in [-0.1, -0.05) is 18.9 Å². The van der Waals surface area contributed by atoms with E-state index in [1.54, 1.807) is 12.1 Å². The Bertz CT molecular complexity index is 925. The van der Waals surface area contributed by atoms with Gasteiger partial charge in [0.05, 0.1) is 12.8 Å². The quantitative estimate of drug-likeness (QED) is 0.804. The Morgan fingerprint density at radius 3 is 2.69 bits per heavy atom. The van der Waals surface area contributed by atoms with Crippen LogP contribution in [0, 0.1) is 17.6 Å². The van der Waals surface area contributed by atoms with E-state index in [4.69, 9.17) is 4.42 Å². The maximum Gasteiger partial charge on any atom is 0.347 e. The number of aliphatic imine (C=N–C) groups is 1. The van der Waals surface area contributed by atoms with Crippen LogP contribution in [0.4, 0.5) is 24.1 Å². The molecule has 1 aliphatic carbocycles. The lowest BCUT2D eigenvalue weighted by atomic mass is 9.82. The molecule has 7 nitrogen and oxygen atoms in total. The third-order valence-corrected chi connectivity index (χ3v) is 5.23. The summed E-state index contributed by atoms with van der Waals surface area (Å²) in [6, 6.07) is 5.26. The molecule has 1 aromatic heterocycles. The molecule has 2 atom stereocenters. The van der Waals surface area contributed by atoms with Gasteiger partial charge in [-0.2, -0.15) is 4.99 Å². The van der Waals surface area contributed by atoms with Gasteiger partial charge in [-0.25, -0.2) is 18.4 Å². The van der Waals surface area contributed by atoms with Crippen molar-refractivity contribution in [3.63, 3.8) is 0 Å². The molecule has 9 heteroatoms. The lowest BCUT2D eigenvalue weighted by molar-refractivity contribution is 0.184. The highest BCUT2D eigenvalue weighted by molar-refractivity contribution is 6.08. The van der Waals surface area contributed by atoms with E-state index in [9.17, 15) is 18.4 Å². The third kappa shape index (κ3) is 3.98.